The number of fused-ring (bicyclic) bond motifs is 1. The molecule has 2 amide bonds. The van der Waals surface area contributed by atoms with E-state index in [9.17, 15) is 4.79 Å². The van der Waals surface area contributed by atoms with E-state index in [1.54, 1.807) is 11.0 Å². The fourth-order valence-corrected chi connectivity index (χ4v) is 2.91. The number of hydrogen-bond acceptors (Lipinski definition) is 1. The average molecular weight is 303 g/mol. The maximum atomic E-state index is 12.3. The summed E-state index contributed by atoms with van der Waals surface area (Å²) >= 11 is 6.15. The zero-order valence-electron chi connectivity index (χ0n) is 12.6. The second kappa shape index (κ2) is 4.68. The van der Waals surface area contributed by atoms with Crippen LogP contribution in [0.25, 0.3) is 0 Å². The number of anilines is 1. The molecule has 1 heterocycles. The number of nitrogens with one attached hydrogen (secondary N) is 1. The number of carbonyl (C=O) groups excluding carboxylic acids is 1. The van der Waals surface area contributed by atoms with Crippen LogP contribution in [-0.2, 0) is 5.54 Å². The lowest BCUT2D eigenvalue weighted by Gasteiger charge is -2.42. The number of urea groups is 1. The van der Waals surface area contributed by atoms with Crippen molar-refractivity contribution in [3.05, 3.63) is 28.8 Å². The van der Waals surface area contributed by atoms with Crippen LogP contribution in [0.4, 0.5) is 10.5 Å². The average Bonchev–Trinajstić information content (AvgIpc) is 3.17. The zero-order chi connectivity index (χ0) is 15.3. The molecule has 21 heavy (non-hydrogen) atoms. The Morgan fingerprint density at radius 1 is 1.33 bits per heavy atom. The molecule has 1 aliphatic heterocycles. The normalized spacial score (nSPS) is 25.5. The molecule has 3 nitrogen and oxygen atoms in total. The van der Waals surface area contributed by atoms with Crippen molar-refractivity contribution in [3.8, 4) is 11.8 Å². The Labute approximate surface area is 130 Å². The second-order valence-electron chi connectivity index (χ2n) is 6.25. The van der Waals surface area contributed by atoms with Gasteiger partial charge in [0.05, 0.1) is 0 Å². The van der Waals surface area contributed by atoms with Gasteiger partial charge in [-0.3, -0.25) is 0 Å². The third-order valence-electron chi connectivity index (χ3n) is 4.46. The van der Waals surface area contributed by atoms with Crippen molar-refractivity contribution in [2.75, 3.05) is 11.9 Å². The van der Waals surface area contributed by atoms with Crippen molar-refractivity contribution in [1.29, 1.82) is 0 Å². The van der Waals surface area contributed by atoms with E-state index in [0.29, 0.717) is 11.6 Å². The SMILES string of the molecule is CCN1C(=O)Nc2ccc(Cl)cc2C1(C)C#CC1(C)CC1. The van der Waals surface area contributed by atoms with Crippen molar-refractivity contribution in [2.45, 2.75) is 39.2 Å². The van der Waals surface area contributed by atoms with Gasteiger partial charge in [0.2, 0.25) is 0 Å². The van der Waals surface area contributed by atoms with Crippen LogP contribution in [0, 0.1) is 17.3 Å². The number of benzene rings is 1. The minimum atomic E-state index is -0.636. The van der Waals surface area contributed by atoms with Gasteiger partial charge < -0.3 is 10.2 Å². The third-order valence-corrected chi connectivity index (χ3v) is 4.69. The van der Waals surface area contributed by atoms with Gasteiger partial charge in [-0.05, 0) is 51.8 Å². The molecule has 0 aromatic heterocycles. The van der Waals surface area contributed by atoms with Gasteiger partial charge in [0.15, 0.2) is 0 Å². The van der Waals surface area contributed by atoms with Gasteiger partial charge in [-0.2, -0.15) is 0 Å². The summed E-state index contributed by atoms with van der Waals surface area (Å²) in [7, 11) is 0. The molecule has 0 saturated heterocycles. The number of carbonyl (C=O) groups is 1. The highest BCUT2D eigenvalue weighted by atomic mass is 35.5. The summed E-state index contributed by atoms with van der Waals surface area (Å²) < 4.78 is 0. The summed E-state index contributed by atoms with van der Waals surface area (Å²) in [4.78, 5) is 14.1. The predicted octanol–water partition coefficient (Wildman–Crippen LogP) is 4.23. The first kappa shape index (κ1) is 14.3. The van der Waals surface area contributed by atoms with Crippen molar-refractivity contribution in [1.82, 2.24) is 4.90 Å². The van der Waals surface area contributed by atoms with Crippen molar-refractivity contribution in [2.24, 2.45) is 5.41 Å². The number of halogens is 1. The van der Waals surface area contributed by atoms with Crippen molar-refractivity contribution in [3.63, 3.8) is 0 Å². The highest BCUT2D eigenvalue weighted by Gasteiger charge is 2.42. The third kappa shape index (κ3) is 2.38. The summed E-state index contributed by atoms with van der Waals surface area (Å²) in [6.07, 6.45) is 2.27. The first-order chi connectivity index (χ1) is 9.88. The topological polar surface area (TPSA) is 32.3 Å². The predicted molar refractivity (Wildman–Crippen MR) is 85.3 cm³/mol. The molecule has 4 heteroatoms. The van der Waals surface area contributed by atoms with Crippen LogP contribution < -0.4 is 5.32 Å². The first-order valence-corrected chi connectivity index (χ1v) is 7.69. The van der Waals surface area contributed by atoms with Gasteiger partial charge in [0.1, 0.15) is 5.54 Å². The molecule has 2 aliphatic rings. The summed E-state index contributed by atoms with van der Waals surface area (Å²) in [5.41, 5.74) is 1.25. The van der Waals surface area contributed by atoms with Gasteiger partial charge in [0.25, 0.3) is 0 Å². The highest BCUT2D eigenvalue weighted by Crippen LogP contribution is 2.45. The quantitative estimate of drug-likeness (QED) is 0.774. The molecular weight excluding hydrogens is 284 g/mol. The van der Waals surface area contributed by atoms with Gasteiger partial charge in [-0.15, -0.1) is 0 Å². The zero-order valence-corrected chi connectivity index (χ0v) is 13.3. The molecular formula is C17H19ClN2O. The maximum absolute atomic E-state index is 12.3. The molecule has 1 aliphatic carbocycles. The molecule has 3 rings (SSSR count). The number of rotatable bonds is 1. The summed E-state index contributed by atoms with van der Waals surface area (Å²) in [5.74, 6) is 6.75. The highest BCUT2D eigenvalue weighted by molar-refractivity contribution is 6.30. The minimum Gasteiger partial charge on any atom is -0.307 e. The Bertz CT molecular complexity index is 669. The molecule has 1 aromatic rings. The van der Waals surface area contributed by atoms with Gasteiger partial charge >= 0.3 is 6.03 Å². The Hall–Kier alpha value is -1.66. The van der Waals surface area contributed by atoms with Crippen LogP contribution in [-0.4, -0.2) is 17.5 Å². The van der Waals surface area contributed by atoms with E-state index in [0.717, 1.165) is 24.1 Å². The van der Waals surface area contributed by atoms with E-state index < -0.39 is 5.54 Å². The van der Waals surface area contributed by atoms with Crippen molar-refractivity contribution >= 4 is 23.3 Å². The molecule has 0 bridgehead atoms. The van der Waals surface area contributed by atoms with Crippen LogP contribution in [0.1, 0.15) is 39.2 Å². The van der Waals surface area contributed by atoms with E-state index >= 15 is 0 Å². The van der Waals surface area contributed by atoms with E-state index in [2.05, 4.69) is 24.1 Å². The lowest BCUT2D eigenvalue weighted by molar-refractivity contribution is 0.168. The summed E-state index contributed by atoms with van der Waals surface area (Å²) in [5, 5.41) is 3.58. The largest absolute Gasteiger partial charge is 0.323 e. The van der Waals surface area contributed by atoms with Gasteiger partial charge in [-0.1, -0.05) is 23.4 Å². The van der Waals surface area contributed by atoms with Crippen molar-refractivity contribution < 1.29 is 4.79 Å². The monoisotopic (exact) mass is 302 g/mol. The fraction of sp³-hybridized carbons (Fsp3) is 0.471. The Kier molecular flexibility index (Phi) is 3.18. The van der Waals surface area contributed by atoms with Crippen LogP contribution >= 0.6 is 11.6 Å². The lowest BCUT2D eigenvalue weighted by atomic mass is 9.86. The van der Waals surface area contributed by atoms with E-state index in [-0.39, 0.29) is 11.4 Å². The molecule has 1 unspecified atom stereocenters. The molecule has 1 atom stereocenters. The molecule has 0 radical (unpaired) electrons. The maximum Gasteiger partial charge on any atom is 0.323 e. The molecule has 0 spiro atoms. The fourth-order valence-electron chi connectivity index (χ4n) is 2.74. The minimum absolute atomic E-state index is 0.106. The van der Waals surface area contributed by atoms with Crippen LogP contribution in [0.2, 0.25) is 5.02 Å². The summed E-state index contributed by atoms with van der Waals surface area (Å²) in [6, 6.07) is 5.44. The smallest absolute Gasteiger partial charge is 0.307 e. The van der Waals surface area contributed by atoms with Crippen LogP contribution in [0.3, 0.4) is 0 Å². The number of hydrogen-bond donors (Lipinski definition) is 1. The second-order valence-corrected chi connectivity index (χ2v) is 6.68. The Morgan fingerprint density at radius 3 is 2.67 bits per heavy atom. The Balaban J connectivity index is 2.15. The number of amides is 2. The summed E-state index contributed by atoms with van der Waals surface area (Å²) in [6.45, 7) is 6.73. The van der Waals surface area contributed by atoms with E-state index in [1.807, 2.05) is 26.0 Å². The van der Waals surface area contributed by atoms with Gasteiger partial charge in [0, 0.05) is 28.2 Å². The first-order valence-electron chi connectivity index (χ1n) is 7.31. The van der Waals surface area contributed by atoms with Crippen LogP contribution in [0.15, 0.2) is 18.2 Å². The molecule has 110 valence electrons. The van der Waals surface area contributed by atoms with Crippen LogP contribution in [0.5, 0.6) is 0 Å². The van der Waals surface area contributed by atoms with Gasteiger partial charge in [-0.25, -0.2) is 4.79 Å². The standard InChI is InChI=1S/C17H19ClN2O/c1-4-20-15(21)19-14-6-5-12(18)11-13(14)17(20,3)10-9-16(2)7-8-16/h5-6,11H,4,7-8H2,1-3H3,(H,19,21). The molecule has 1 aromatic carbocycles. The van der Waals surface area contributed by atoms with E-state index in [4.69, 9.17) is 11.6 Å². The molecule has 1 N–H and O–H groups in total. The Morgan fingerprint density at radius 2 is 2.05 bits per heavy atom. The van der Waals surface area contributed by atoms with E-state index in [1.165, 1.54) is 0 Å². The molecule has 1 saturated carbocycles. The molecule has 1 fully saturated rings. The lowest BCUT2D eigenvalue weighted by Crippen LogP contribution is -2.52. The number of nitrogens with zero attached hydrogens (tertiary/aromatic N) is 1.